The molecule has 0 unspecified atom stereocenters. The minimum absolute atomic E-state index is 0.0391. The lowest BCUT2D eigenvalue weighted by atomic mass is 10.1. The van der Waals surface area contributed by atoms with Crippen LogP contribution in [0, 0.1) is 0 Å². The van der Waals surface area contributed by atoms with Gasteiger partial charge in [-0.05, 0) is 39.0 Å². The molecular formula is C18H26N2O4S. The molecule has 25 heavy (non-hydrogen) atoms. The average molecular weight is 366 g/mol. The van der Waals surface area contributed by atoms with Gasteiger partial charge in [0.2, 0.25) is 11.8 Å². The fourth-order valence-corrected chi connectivity index (χ4v) is 4.12. The molecule has 1 N–H and O–H groups in total. The van der Waals surface area contributed by atoms with E-state index in [0.29, 0.717) is 18.0 Å². The van der Waals surface area contributed by atoms with Crippen molar-refractivity contribution < 1.29 is 19.1 Å². The summed E-state index contributed by atoms with van der Waals surface area (Å²) in [5.41, 5.74) is 0.883. The number of ether oxygens (including phenoxy) is 2. The Balaban J connectivity index is 2.23. The maximum atomic E-state index is 12.6. The summed E-state index contributed by atoms with van der Waals surface area (Å²) >= 11 is 1.56. The summed E-state index contributed by atoms with van der Waals surface area (Å²) in [4.78, 5) is 26.3. The third-order valence-electron chi connectivity index (χ3n) is 3.98. The van der Waals surface area contributed by atoms with Gasteiger partial charge in [-0.3, -0.25) is 9.59 Å². The maximum Gasteiger partial charge on any atom is 0.236 e. The van der Waals surface area contributed by atoms with Gasteiger partial charge >= 0.3 is 0 Å². The van der Waals surface area contributed by atoms with E-state index in [0.717, 1.165) is 5.56 Å². The molecule has 1 aromatic rings. The first-order chi connectivity index (χ1) is 11.9. The first kappa shape index (κ1) is 19.4. The quantitative estimate of drug-likeness (QED) is 0.803. The van der Waals surface area contributed by atoms with Crippen molar-refractivity contribution >= 4 is 23.6 Å². The van der Waals surface area contributed by atoms with E-state index in [1.807, 2.05) is 39.0 Å². The summed E-state index contributed by atoms with van der Waals surface area (Å²) in [7, 11) is 3.21. The molecule has 1 heterocycles. The van der Waals surface area contributed by atoms with Crippen LogP contribution in [0.5, 0.6) is 11.5 Å². The molecule has 1 fully saturated rings. The predicted molar refractivity (Wildman–Crippen MR) is 98.9 cm³/mol. The Morgan fingerprint density at radius 1 is 1.32 bits per heavy atom. The predicted octanol–water partition coefficient (Wildman–Crippen LogP) is 2.58. The molecule has 1 saturated heterocycles. The van der Waals surface area contributed by atoms with Crippen molar-refractivity contribution in [1.82, 2.24) is 10.2 Å². The highest BCUT2D eigenvalue weighted by Crippen LogP contribution is 2.46. The van der Waals surface area contributed by atoms with Crippen LogP contribution in [0.1, 0.15) is 38.1 Å². The van der Waals surface area contributed by atoms with Crippen molar-refractivity contribution in [2.45, 2.75) is 43.9 Å². The molecule has 0 spiro atoms. The Hall–Kier alpha value is -1.89. The number of hydrogen-bond donors (Lipinski definition) is 1. The zero-order valence-electron chi connectivity index (χ0n) is 15.4. The van der Waals surface area contributed by atoms with Crippen molar-refractivity contribution in [3.05, 3.63) is 23.8 Å². The molecule has 0 bridgehead atoms. The van der Waals surface area contributed by atoms with Crippen molar-refractivity contribution in [3.63, 3.8) is 0 Å². The van der Waals surface area contributed by atoms with E-state index in [2.05, 4.69) is 5.32 Å². The van der Waals surface area contributed by atoms with E-state index in [-0.39, 0.29) is 34.9 Å². The van der Waals surface area contributed by atoms with Gasteiger partial charge in [0.25, 0.3) is 0 Å². The molecule has 138 valence electrons. The van der Waals surface area contributed by atoms with E-state index in [4.69, 9.17) is 9.47 Å². The third-order valence-corrected chi connectivity index (χ3v) is 5.36. The SMILES string of the molecule is COc1ccc(OC)c([C@@H]2S[C@@H](C)C(=O)N2CCC(=O)NC(C)C)c1. The Morgan fingerprint density at radius 3 is 2.64 bits per heavy atom. The molecular weight excluding hydrogens is 340 g/mol. The molecule has 7 heteroatoms. The van der Waals surface area contributed by atoms with Gasteiger partial charge in [0.05, 0.1) is 19.5 Å². The summed E-state index contributed by atoms with van der Waals surface area (Å²) in [6, 6.07) is 5.65. The summed E-state index contributed by atoms with van der Waals surface area (Å²) in [5.74, 6) is 1.40. The molecule has 2 rings (SSSR count). The lowest BCUT2D eigenvalue weighted by Gasteiger charge is -2.25. The number of nitrogens with one attached hydrogen (secondary N) is 1. The number of hydrogen-bond acceptors (Lipinski definition) is 5. The second-order valence-corrected chi connectivity index (χ2v) is 7.67. The van der Waals surface area contributed by atoms with Crippen LogP contribution in [-0.4, -0.2) is 48.8 Å². The number of methoxy groups -OCH3 is 2. The van der Waals surface area contributed by atoms with Gasteiger partial charge in [0, 0.05) is 24.6 Å². The van der Waals surface area contributed by atoms with Crippen LogP contribution < -0.4 is 14.8 Å². The number of thioether (sulfide) groups is 1. The topological polar surface area (TPSA) is 67.9 Å². The number of nitrogens with zero attached hydrogens (tertiary/aromatic N) is 1. The highest BCUT2D eigenvalue weighted by molar-refractivity contribution is 8.01. The first-order valence-electron chi connectivity index (χ1n) is 8.34. The third kappa shape index (κ3) is 4.60. The van der Waals surface area contributed by atoms with Gasteiger partial charge in [0.15, 0.2) is 0 Å². The highest BCUT2D eigenvalue weighted by atomic mass is 32.2. The summed E-state index contributed by atoms with van der Waals surface area (Å²) < 4.78 is 10.8. The standard InChI is InChI=1S/C18H26N2O4S/c1-11(2)19-16(21)8-9-20-17(22)12(3)25-18(20)14-10-13(23-4)6-7-15(14)24-5/h6-7,10-12,18H,8-9H2,1-5H3,(H,19,21)/t12-,18-/m0/s1. The van der Waals surface area contributed by atoms with Crippen molar-refractivity contribution in [2.24, 2.45) is 0 Å². The average Bonchev–Trinajstić information content (AvgIpc) is 2.86. The van der Waals surface area contributed by atoms with Crippen LogP contribution in [0.3, 0.4) is 0 Å². The first-order valence-corrected chi connectivity index (χ1v) is 9.28. The highest BCUT2D eigenvalue weighted by Gasteiger charge is 2.39. The molecule has 0 aliphatic carbocycles. The number of amides is 2. The molecule has 2 atom stereocenters. The molecule has 6 nitrogen and oxygen atoms in total. The van der Waals surface area contributed by atoms with Crippen molar-refractivity contribution in [2.75, 3.05) is 20.8 Å². The van der Waals surface area contributed by atoms with Gasteiger partial charge in [-0.1, -0.05) is 0 Å². The molecule has 1 aliphatic rings. The van der Waals surface area contributed by atoms with Crippen molar-refractivity contribution in [3.8, 4) is 11.5 Å². The Morgan fingerprint density at radius 2 is 2.04 bits per heavy atom. The lowest BCUT2D eigenvalue weighted by molar-refractivity contribution is -0.130. The van der Waals surface area contributed by atoms with Crippen molar-refractivity contribution in [1.29, 1.82) is 0 Å². The fraction of sp³-hybridized carbons (Fsp3) is 0.556. The van der Waals surface area contributed by atoms with Crippen LogP contribution in [-0.2, 0) is 9.59 Å². The van der Waals surface area contributed by atoms with Gasteiger partial charge in [-0.15, -0.1) is 11.8 Å². The zero-order chi connectivity index (χ0) is 18.6. The smallest absolute Gasteiger partial charge is 0.236 e. The van der Waals surface area contributed by atoms with E-state index in [1.54, 1.807) is 30.9 Å². The molecule has 0 saturated carbocycles. The fourth-order valence-electron chi connectivity index (χ4n) is 2.79. The zero-order valence-corrected chi connectivity index (χ0v) is 16.2. The van der Waals surface area contributed by atoms with Gasteiger partial charge in [-0.25, -0.2) is 0 Å². The number of benzene rings is 1. The Bertz CT molecular complexity index is 636. The molecule has 0 aromatic heterocycles. The summed E-state index contributed by atoms with van der Waals surface area (Å²) in [6.07, 6.45) is 0.278. The Kier molecular flexibility index (Phi) is 6.58. The number of carbonyl (C=O) groups is 2. The minimum atomic E-state index is -0.195. The van der Waals surface area contributed by atoms with E-state index in [9.17, 15) is 9.59 Å². The Labute approximate surface area is 153 Å². The monoisotopic (exact) mass is 366 g/mol. The van der Waals surface area contributed by atoms with E-state index < -0.39 is 0 Å². The molecule has 2 amide bonds. The lowest BCUT2D eigenvalue weighted by Crippen LogP contribution is -2.36. The second-order valence-electron chi connectivity index (χ2n) is 6.24. The van der Waals surface area contributed by atoms with Gasteiger partial charge < -0.3 is 19.7 Å². The van der Waals surface area contributed by atoms with Gasteiger partial charge in [0.1, 0.15) is 16.9 Å². The van der Waals surface area contributed by atoms with Crippen LogP contribution in [0.2, 0.25) is 0 Å². The van der Waals surface area contributed by atoms with Crippen LogP contribution in [0.4, 0.5) is 0 Å². The largest absolute Gasteiger partial charge is 0.497 e. The second kappa shape index (κ2) is 8.47. The molecule has 1 aliphatic heterocycles. The van der Waals surface area contributed by atoms with Crippen LogP contribution >= 0.6 is 11.8 Å². The summed E-state index contributed by atoms with van der Waals surface area (Å²) in [5, 5.41) is 2.51. The minimum Gasteiger partial charge on any atom is -0.497 e. The normalized spacial score (nSPS) is 20.1. The van der Waals surface area contributed by atoms with Gasteiger partial charge in [-0.2, -0.15) is 0 Å². The number of rotatable bonds is 7. The van der Waals surface area contributed by atoms with E-state index in [1.165, 1.54) is 0 Å². The number of carbonyl (C=O) groups excluding carboxylic acids is 2. The summed E-state index contributed by atoms with van der Waals surface area (Å²) in [6.45, 7) is 6.10. The van der Waals surface area contributed by atoms with E-state index >= 15 is 0 Å². The van der Waals surface area contributed by atoms with Crippen LogP contribution in [0.25, 0.3) is 0 Å². The maximum absolute atomic E-state index is 12.6. The molecule has 0 radical (unpaired) electrons. The van der Waals surface area contributed by atoms with Crippen LogP contribution in [0.15, 0.2) is 18.2 Å². The molecule has 1 aromatic carbocycles.